The van der Waals surface area contributed by atoms with E-state index >= 15 is 0 Å². The number of hydrogen-bond acceptors (Lipinski definition) is 3. The molecule has 1 aromatic rings. The van der Waals surface area contributed by atoms with Crippen molar-refractivity contribution in [1.82, 2.24) is 15.3 Å². The minimum Gasteiger partial charge on any atom is -0.350 e. The Balaban J connectivity index is 2.37. The first-order valence-electron chi connectivity index (χ1n) is 4.91. The fraction of sp³-hybridized carbons (Fsp3) is 0.500. The van der Waals surface area contributed by atoms with Gasteiger partial charge in [-0.1, -0.05) is 13.3 Å². The van der Waals surface area contributed by atoms with Crippen LogP contribution in [0.25, 0.3) is 0 Å². The highest BCUT2D eigenvalue weighted by Crippen LogP contribution is 2.03. The molecule has 4 nitrogen and oxygen atoms in total. The number of amides is 1. The minimum atomic E-state index is -0.183. The lowest BCUT2D eigenvalue weighted by molar-refractivity contribution is 0.0952. The van der Waals surface area contributed by atoms with Gasteiger partial charge in [-0.15, -0.1) is 11.6 Å². The van der Waals surface area contributed by atoms with Crippen molar-refractivity contribution < 1.29 is 4.79 Å². The van der Waals surface area contributed by atoms with Gasteiger partial charge in [0.2, 0.25) is 0 Å². The van der Waals surface area contributed by atoms with Gasteiger partial charge in [0.05, 0.1) is 10.9 Å². The highest BCUT2D eigenvalue weighted by Gasteiger charge is 2.08. The molecular formula is C10H14ClN3O. The standard InChI is InChI=1S/C10H14ClN3O/c1-2-3-9(11)6-14-10(15)8-4-12-7-13-5-8/h4-5,7,9H,2-3,6H2,1H3,(H,14,15). The molecule has 1 atom stereocenters. The zero-order valence-electron chi connectivity index (χ0n) is 8.61. The number of aromatic nitrogens is 2. The second-order valence-electron chi connectivity index (χ2n) is 3.22. The van der Waals surface area contributed by atoms with Crippen molar-refractivity contribution in [2.45, 2.75) is 25.1 Å². The van der Waals surface area contributed by atoms with Crippen molar-refractivity contribution in [1.29, 1.82) is 0 Å². The Morgan fingerprint density at radius 1 is 1.53 bits per heavy atom. The van der Waals surface area contributed by atoms with Crippen molar-refractivity contribution in [3.05, 3.63) is 24.3 Å². The van der Waals surface area contributed by atoms with Gasteiger partial charge in [-0.2, -0.15) is 0 Å². The first-order chi connectivity index (χ1) is 7.24. The third-order valence-corrected chi connectivity index (χ3v) is 2.28. The lowest BCUT2D eigenvalue weighted by atomic mass is 10.2. The second kappa shape index (κ2) is 6.35. The number of rotatable bonds is 5. The molecule has 0 saturated carbocycles. The van der Waals surface area contributed by atoms with Crippen LogP contribution in [0.1, 0.15) is 30.1 Å². The molecular weight excluding hydrogens is 214 g/mol. The lowest BCUT2D eigenvalue weighted by Gasteiger charge is -2.09. The van der Waals surface area contributed by atoms with Gasteiger partial charge in [0.1, 0.15) is 6.33 Å². The summed E-state index contributed by atoms with van der Waals surface area (Å²) >= 11 is 5.97. The summed E-state index contributed by atoms with van der Waals surface area (Å²) in [5.74, 6) is -0.183. The third-order valence-electron chi connectivity index (χ3n) is 1.91. The molecule has 0 aromatic carbocycles. The van der Waals surface area contributed by atoms with Crippen molar-refractivity contribution in [2.24, 2.45) is 0 Å². The van der Waals surface area contributed by atoms with E-state index in [9.17, 15) is 4.79 Å². The van der Waals surface area contributed by atoms with E-state index in [0.29, 0.717) is 12.1 Å². The Bertz CT molecular complexity index is 305. The maximum atomic E-state index is 11.5. The van der Waals surface area contributed by atoms with Gasteiger partial charge in [-0.05, 0) is 6.42 Å². The third kappa shape index (κ3) is 4.25. The van der Waals surface area contributed by atoms with E-state index in [4.69, 9.17) is 11.6 Å². The summed E-state index contributed by atoms with van der Waals surface area (Å²) < 4.78 is 0. The molecule has 5 heteroatoms. The van der Waals surface area contributed by atoms with Gasteiger partial charge in [0.25, 0.3) is 5.91 Å². The Hall–Kier alpha value is -1.16. The fourth-order valence-electron chi connectivity index (χ4n) is 1.14. The SMILES string of the molecule is CCCC(Cl)CNC(=O)c1cncnc1. The number of nitrogens with zero attached hydrogens (tertiary/aromatic N) is 2. The van der Waals surface area contributed by atoms with Crippen LogP contribution >= 0.6 is 11.6 Å². The second-order valence-corrected chi connectivity index (χ2v) is 3.84. The van der Waals surface area contributed by atoms with E-state index in [1.165, 1.54) is 18.7 Å². The van der Waals surface area contributed by atoms with Crippen LogP contribution in [0, 0.1) is 0 Å². The maximum absolute atomic E-state index is 11.5. The first-order valence-corrected chi connectivity index (χ1v) is 5.35. The largest absolute Gasteiger partial charge is 0.350 e. The predicted octanol–water partition coefficient (Wildman–Crippen LogP) is 1.61. The maximum Gasteiger partial charge on any atom is 0.254 e. The van der Waals surface area contributed by atoms with Crippen molar-refractivity contribution >= 4 is 17.5 Å². The molecule has 1 unspecified atom stereocenters. The molecule has 82 valence electrons. The summed E-state index contributed by atoms with van der Waals surface area (Å²) in [5.41, 5.74) is 0.456. The van der Waals surface area contributed by atoms with Gasteiger partial charge >= 0.3 is 0 Å². The van der Waals surface area contributed by atoms with E-state index < -0.39 is 0 Å². The predicted molar refractivity (Wildman–Crippen MR) is 58.9 cm³/mol. The summed E-state index contributed by atoms with van der Waals surface area (Å²) in [6.07, 6.45) is 6.25. The molecule has 0 spiro atoms. The van der Waals surface area contributed by atoms with Crippen LogP contribution in [0.5, 0.6) is 0 Å². The average molecular weight is 228 g/mol. The topological polar surface area (TPSA) is 54.9 Å². The van der Waals surface area contributed by atoms with Gasteiger partial charge in [0, 0.05) is 18.9 Å². The lowest BCUT2D eigenvalue weighted by Crippen LogP contribution is -2.29. The fourth-order valence-corrected chi connectivity index (χ4v) is 1.43. The van der Waals surface area contributed by atoms with Gasteiger partial charge < -0.3 is 5.32 Å². The Labute approximate surface area is 94.1 Å². The van der Waals surface area contributed by atoms with E-state index in [1.54, 1.807) is 0 Å². The van der Waals surface area contributed by atoms with E-state index in [1.807, 2.05) is 0 Å². The highest BCUT2D eigenvalue weighted by atomic mass is 35.5. The van der Waals surface area contributed by atoms with Crippen LogP contribution in [0.3, 0.4) is 0 Å². The number of halogens is 1. The molecule has 0 aliphatic carbocycles. The molecule has 1 aromatic heterocycles. The number of hydrogen-bond donors (Lipinski definition) is 1. The number of carbonyl (C=O) groups is 1. The molecule has 0 bridgehead atoms. The summed E-state index contributed by atoms with van der Waals surface area (Å²) in [4.78, 5) is 19.0. The summed E-state index contributed by atoms with van der Waals surface area (Å²) in [6, 6.07) is 0. The van der Waals surface area contributed by atoms with Crippen LogP contribution in [0.2, 0.25) is 0 Å². The van der Waals surface area contributed by atoms with Crippen molar-refractivity contribution in [3.63, 3.8) is 0 Å². The normalized spacial score (nSPS) is 12.1. The molecule has 0 saturated heterocycles. The Morgan fingerprint density at radius 2 is 2.20 bits per heavy atom. The highest BCUT2D eigenvalue weighted by molar-refractivity contribution is 6.20. The van der Waals surface area contributed by atoms with Crippen LogP contribution in [0.4, 0.5) is 0 Å². The van der Waals surface area contributed by atoms with Crippen LogP contribution in [0.15, 0.2) is 18.7 Å². The summed E-state index contributed by atoms with van der Waals surface area (Å²) in [6.45, 7) is 2.53. The van der Waals surface area contributed by atoms with Crippen molar-refractivity contribution in [3.8, 4) is 0 Å². The smallest absolute Gasteiger partial charge is 0.254 e. The van der Waals surface area contributed by atoms with E-state index in [-0.39, 0.29) is 11.3 Å². The van der Waals surface area contributed by atoms with E-state index in [2.05, 4.69) is 22.2 Å². The van der Waals surface area contributed by atoms with Gasteiger partial charge in [-0.3, -0.25) is 4.79 Å². The van der Waals surface area contributed by atoms with Gasteiger partial charge in [-0.25, -0.2) is 9.97 Å². The van der Waals surface area contributed by atoms with Crippen LogP contribution in [-0.4, -0.2) is 27.8 Å². The number of alkyl halides is 1. The zero-order valence-corrected chi connectivity index (χ0v) is 9.37. The molecule has 0 radical (unpaired) electrons. The Kier molecular flexibility index (Phi) is 5.04. The van der Waals surface area contributed by atoms with Crippen molar-refractivity contribution in [2.75, 3.05) is 6.54 Å². The zero-order chi connectivity index (χ0) is 11.1. The quantitative estimate of drug-likeness (QED) is 0.778. The molecule has 1 amide bonds. The summed E-state index contributed by atoms with van der Waals surface area (Å²) in [7, 11) is 0. The number of nitrogens with one attached hydrogen (secondary N) is 1. The first kappa shape index (κ1) is 11.9. The molecule has 15 heavy (non-hydrogen) atoms. The molecule has 0 fully saturated rings. The van der Waals surface area contributed by atoms with Crippen LogP contribution in [-0.2, 0) is 0 Å². The minimum absolute atomic E-state index is 0.0106. The van der Waals surface area contributed by atoms with Crippen LogP contribution < -0.4 is 5.32 Å². The molecule has 0 aliphatic heterocycles. The molecule has 0 aliphatic rings. The Morgan fingerprint density at radius 3 is 2.80 bits per heavy atom. The monoisotopic (exact) mass is 227 g/mol. The summed E-state index contributed by atoms with van der Waals surface area (Å²) in [5, 5.41) is 2.72. The number of carbonyl (C=O) groups excluding carboxylic acids is 1. The average Bonchev–Trinajstić information content (AvgIpc) is 2.27. The molecule has 1 heterocycles. The molecule has 1 rings (SSSR count). The molecule has 1 N–H and O–H groups in total. The van der Waals surface area contributed by atoms with Gasteiger partial charge in [0.15, 0.2) is 0 Å². The van der Waals surface area contributed by atoms with E-state index in [0.717, 1.165) is 12.8 Å².